The first-order chi connectivity index (χ1) is 11.1. The molecule has 0 aromatic heterocycles. The zero-order valence-corrected chi connectivity index (χ0v) is 12.7. The summed E-state index contributed by atoms with van der Waals surface area (Å²) in [7, 11) is 0. The van der Waals surface area contributed by atoms with E-state index >= 15 is 0 Å². The van der Waals surface area contributed by atoms with Gasteiger partial charge in [0.15, 0.2) is 0 Å². The number of amides is 1. The molecule has 0 aliphatic heterocycles. The first kappa shape index (κ1) is 14.8. The van der Waals surface area contributed by atoms with Crippen molar-refractivity contribution in [3.63, 3.8) is 0 Å². The van der Waals surface area contributed by atoms with Gasteiger partial charge in [-0.1, -0.05) is 42.0 Å². The highest BCUT2D eigenvalue weighted by Gasteiger charge is 2.05. The predicted molar refractivity (Wildman–Crippen MR) is 91.9 cm³/mol. The van der Waals surface area contributed by atoms with Crippen molar-refractivity contribution in [2.75, 3.05) is 0 Å². The molecule has 0 radical (unpaired) electrons. The number of phenolic OH excluding ortho intramolecular Hbond substituents is 1. The fraction of sp³-hybridized carbons (Fsp3) is 0.0526. The molecule has 0 saturated heterocycles. The van der Waals surface area contributed by atoms with Crippen molar-refractivity contribution in [3.8, 4) is 5.75 Å². The molecule has 114 valence electrons. The summed E-state index contributed by atoms with van der Waals surface area (Å²) in [5.41, 5.74) is 4.58. The highest BCUT2D eigenvalue weighted by Crippen LogP contribution is 2.16. The topological polar surface area (TPSA) is 61.7 Å². The molecule has 0 bridgehead atoms. The summed E-state index contributed by atoms with van der Waals surface area (Å²) in [5.74, 6) is -0.168. The molecule has 4 nitrogen and oxygen atoms in total. The van der Waals surface area contributed by atoms with Gasteiger partial charge in [0.1, 0.15) is 5.75 Å². The maximum atomic E-state index is 12.1. The lowest BCUT2D eigenvalue weighted by molar-refractivity contribution is 0.0955. The van der Waals surface area contributed by atoms with Crippen molar-refractivity contribution in [2.45, 2.75) is 6.92 Å². The van der Waals surface area contributed by atoms with E-state index < -0.39 is 0 Å². The van der Waals surface area contributed by atoms with Crippen LogP contribution in [0.2, 0.25) is 0 Å². The molecule has 4 heteroatoms. The Labute approximate surface area is 134 Å². The van der Waals surface area contributed by atoms with Crippen LogP contribution in [0.25, 0.3) is 10.8 Å². The molecule has 3 rings (SSSR count). The van der Waals surface area contributed by atoms with Gasteiger partial charge in [-0.15, -0.1) is 0 Å². The molecule has 0 fully saturated rings. The van der Waals surface area contributed by atoms with Crippen LogP contribution in [0.3, 0.4) is 0 Å². The number of nitrogens with zero attached hydrogens (tertiary/aromatic N) is 1. The Morgan fingerprint density at radius 2 is 1.83 bits per heavy atom. The van der Waals surface area contributed by atoms with Gasteiger partial charge < -0.3 is 5.11 Å². The molecule has 0 aliphatic carbocycles. The Hall–Kier alpha value is -3.14. The third kappa shape index (κ3) is 3.37. The number of hydrazone groups is 1. The van der Waals surface area contributed by atoms with Gasteiger partial charge in [-0.05, 0) is 42.0 Å². The lowest BCUT2D eigenvalue weighted by atomic mass is 10.1. The molecule has 0 saturated carbocycles. The highest BCUT2D eigenvalue weighted by atomic mass is 16.3. The third-order valence-corrected chi connectivity index (χ3v) is 3.56. The number of fused-ring (bicyclic) bond motifs is 1. The number of nitrogens with one attached hydrogen (secondary N) is 1. The number of carbonyl (C=O) groups is 1. The first-order valence-corrected chi connectivity index (χ1v) is 7.25. The number of aryl methyl sites for hydroxylation is 1. The van der Waals surface area contributed by atoms with E-state index in [-0.39, 0.29) is 11.7 Å². The maximum absolute atomic E-state index is 12.1. The summed E-state index contributed by atoms with van der Waals surface area (Å²) >= 11 is 0. The van der Waals surface area contributed by atoms with Crippen LogP contribution >= 0.6 is 0 Å². The Kier molecular flexibility index (Phi) is 4.06. The highest BCUT2D eigenvalue weighted by molar-refractivity contribution is 5.99. The minimum absolute atomic E-state index is 0.124. The molecule has 1 amide bonds. The molecule has 3 aromatic rings. The van der Waals surface area contributed by atoms with Crippen molar-refractivity contribution in [1.29, 1.82) is 0 Å². The van der Waals surface area contributed by atoms with Gasteiger partial charge in [0.05, 0.1) is 6.21 Å². The summed E-state index contributed by atoms with van der Waals surface area (Å²) in [6, 6.07) is 18.5. The van der Waals surface area contributed by atoms with Crippen LogP contribution in [0, 0.1) is 6.92 Å². The second kappa shape index (κ2) is 6.32. The fourth-order valence-corrected chi connectivity index (χ4v) is 2.33. The van der Waals surface area contributed by atoms with E-state index in [1.54, 1.807) is 24.3 Å². The SMILES string of the molecule is Cc1ccc(O)c(/C=N\NC(=O)c2ccc3ccccc3c2)c1. The van der Waals surface area contributed by atoms with E-state index in [1.807, 2.05) is 43.3 Å². The summed E-state index contributed by atoms with van der Waals surface area (Å²) < 4.78 is 0. The Bertz CT molecular complexity index is 901. The number of rotatable bonds is 3. The number of hydrogen-bond donors (Lipinski definition) is 2. The van der Waals surface area contributed by atoms with Crippen molar-refractivity contribution in [1.82, 2.24) is 5.43 Å². The van der Waals surface area contributed by atoms with Gasteiger partial charge >= 0.3 is 0 Å². The van der Waals surface area contributed by atoms with Crippen LogP contribution in [0.4, 0.5) is 0 Å². The van der Waals surface area contributed by atoms with Crippen LogP contribution in [-0.2, 0) is 0 Å². The van der Waals surface area contributed by atoms with Crippen molar-refractivity contribution in [3.05, 3.63) is 77.4 Å². The molecule has 0 spiro atoms. The van der Waals surface area contributed by atoms with Crippen molar-refractivity contribution < 1.29 is 9.90 Å². The molecule has 0 unspecified atom stereocenters. The fourth-order valence-electron chi connectivity index (χ4n) is 2.33. The van der Waals surface area contributed by atoms with Gasteiger partial charge in [-0.3, -0.25) is 4.79 Å². The summed E-state index contributed by atoms with van der Waals surface area (Å²) in [4.78, 5) is 12.1. The average Bonchev–Trinajstić information content (AvgIpc) is 2.57. The van der Waals surface area contributed by atoms with Crippen LogP contribution in [-0.4, -0.2) is 17.2 Å². The molecule has 2 N–H and O–H groups in total. The van der Waals surface area contributed by atoms with E-state index in [2.05, 4.69) is 10.5 Å². The number of benzene rings is 3. The maximum Gasteiger partial charge on any atom is 0.271 e. The minimum atomic E-state index is -0.292. The standard InChI is InChI=1S/C19H16N2O2/c1-13-6-9-18(22)17(10-13)12-20-21-19(23)16-8-7-14-4-2-3-5-15(14)11-16/h2-12,22H,1H3,(H,21,23)/b20-12-. The molecule has 3 aromatic carbocycles. The molecular weight excluding hydrogens is 288 g/mol. The number of hydrogen-bond acceptors (Lipinski definition) is 3. The van der Waals surface area contributed by atoms with Gasteiger partial charge in [-0.25, -0.2) is 5.43 Å². The molecule has 0 aliphatic rings. The van der Waals surface area contributed by atoms with Gasteiger partial charge in [0, 0.05) is 11.1 Å². The monoisotopic (exact) mass is 304 g/mol. The Balaban J connectivity index is 1.75. The van der Waals surface area contributed by atoms with Crippen LogP contribution in [0.1, 0.15) is 21.5 Å². The van der Waals surface area contributed by atoms with E-state index in [1.165, 1.54) is 6.21 Å². The third-order valence-electron chi connectivity index (χ3n) is 3.56. The van der Waals surface area contributed by atoms with E-state index in [9.17, 15) is 9.90 Å². The second-order valence-corrected chi connectivity index (χ2v) is 5.32. The molecule has 0 atom stereocenters. The van der Waals surface area contributed by atoms with E-state index in [0.717, 1.165) is 16.3 Å². The lowest BCUT2D eigenvalue weighted by Crippen LogP contribution is -2.17. The summed E-state index contributed by atoms with van der Waals surface area (Å²) in [5, 5.41) is 15.7. The molecule has 23 heavy (non-hydrogen) atoms. The smallest absolute Gasteiger partial charge is 0.271 e. The van der Waals surface area contributed by atoms with Crippen LogP contribution in [0.15, 0.2) is 65.8 Å². The molecule has 0 heterocycles. The summed E-state index contributed by atoms with van der Waals surface area (Å²) in [6.07, 6.45) is 1.43. The van der Waals surface area contributed by atoms with Gasteiger partial charge in [-0.2, -0.15) is 5.10 Å². The molecular formula is C19H16N2O2. The average molecular weight is 304 g/mol. The van der Waals surface area contributed by atoms with Crippen molar-refractivity contribution in [2.24, 2.45) is 5.10 Å². The second-order valence-electron chi connectivity index (χ2n) is 5.32. The zero-order chi connectivity index (χ0) is 16.2. The Morgan fingerprint density at radius 1 is 1.04 bits per heavy atom. The quantitative estimate of drug-likeness (QED) is 0.573. The number of carbonyl (C=O) groups excluding carboxylic acids is 1. The van der Waals surface area contributed by atoms with Crippen LogP contribution in [0.5, 0.6) is 5.75 Å². The van der Waals surface area contributed by atoms with E-state index in [4.69, 9.17) is 0 Å². The van der Waals surface area contributed by atoms with Gasteiger partial charge in [0.2, 0.25) is 0 Å². The predicted octanol–water partition coefficient (Wildman–Crippen LogP) is 3.62. The van der Waals surface area contributed by atoms with Crippen LogP contribution < -0.4 is 5.43 Å². The minimum Gasteiger partial charge on any atom is -0.507 e. The van der Waals surface area contributed by atoms with E-state index in [0.29, 0.717) is 11.1 Å². The first-order valence-electron chi connectivity index (χ1n) is 7.25. The normalized spacial score (nSPS) is 11.0. The largest absolute Gasteiger partial charge is 0.507 e. The van der Waals surface area contributed by atoms with Gasteiger partial charge in [0.25, 0.3) is 5.91 Å². The number of aromatic hydroxyl groups is 1. The Morgan fingerprint density at radius 3 is 2.65 bits per heavy atom. The lowest BCUT2D eigenvalue weighted by Gasteiger charge is -2.03. The van der Waals surface area contributed by atoms with Crippen molar-refractivity contribution >= 4 is 22.9 Å². The number of phenols is 1. The zero-order valence-electron chi connectivity index (χ0n) is 12.7. The summed E-state index contributed by atoms with van der Waals surface area (Å²) in [6.45, 7) is 1.92.